The largest absolute Gasteiger partial charge is 0.462 e. The van der Waals surface area contributed by atoms with Gasteiger partial charge in [0, 0.05) is 25.6 Å². The minimum atomic E-state index is 0.627. The van der Waals surface area contributed by atoms with Crippen molar-refractivity contribution in [2.24, 2.45) is 5.10 Å². The number of anilines is 2. The van der Waals surface area contributed by atoms with Crippen LogP contribution in [0.1, 0.15) is 57.6 Å². The van der Waals surface area contributed by atoms with Crippen molar-refractivity contribution in [3.63, 3.8) is 0 Å². The topological polar surface area (TPSA) is 51.0 Å². The van der Waals surface area contributed by atoms with E-state index in [1.54, 1.807) is 0 Å². The minimum Gasteiger partial charge on any atom is -0.462 e. The molecule has 2 aromatic rings. The molecule has 5 heteroatoms. The van der Waals surface area contributed by atoms with E-state index in [-0.39, 0.29) is 0 Å². The van der Waals surface area contributed by atoms with Crippen LogP contribution in [0.2, 0.25) is 0 Å². The molecule has 160 valence electrons. The van der Waals surface area contributed by atoms with Gasteiger partial charge in [-0.2, -0.15) is 0 Å². The molecule has 1 heterocycles. The number of hydrogen-bond donors (Lipinski definition) is 1. The molecule has 0 atom stereocenters. The Morgan fingerprint density at radius 1 is 1.17 bits per heavy atom. The van der Waals surface area contributed by atoms with Gasteiger partial charge in [0.2, 0.25) is 0 Å². The molecule has 0 aliphatic heterocycles. The van der Waals surface area contributed by atoms with Crippen LogP contribution in [0.3, 0.4) is 0 Å². The summed E-state index contributed by atoms with van der Waals surface area (Å²) in [5, 5.41) is 4.41. The zero-order valence-corrected chi connectivity index (χ0v) is 18.8. The molecule has 0 radical (unpaired) electrons. The van der Waals surface area contributed by atoms with Gasteiger partial charge in [-0.05, 0) is 38.7 Å². The van der Waals surface area contributed by atoms with Crippen molar-refractivity contribution >= 4 is 17.7 Å². The highest BCUT2D eigenvalue weighted by molar-refractivity contribution is 5.80. The predicted molar refractivity (Wildman–Crippen MR) is 126 cm³/mol. The van der Waals surface area contributed by atoms with Crippen LogP contribution in [0.5, 0.6) is 5.88 Å². The Hall–Kier alpha value is -3.00. The van der Waals surface area contributed by atoms with Gasteiger partial charge >= 0.3 is 5.82 Å². The second-order valence-corrected chi connectivity index (χ2v) is 7.27. The third kappa shape index (κ3) is 8.16. The number of hydrogen-bond acceptors (Lipinski definition) is 4. The summed E-state index contributed by atoms with van der Waals surface area (Å²) in [4.78, 5) is 5.69. The number of nitrogens with zero attached hydrogens (tertiary/aromatic N) is 2. The van der Waals surface area contributed by atoms with E-state index >= 15 is 0 Å². The summed E-state index contributed by atoms with van der Waals surface area (Å²) in [5.41, 5.74) is 6.54. The molecule has 0 spiro atoms. The van der Waals surface area contributed by atoms with Gasteiger partial charge in [-0.25, -0.2) is 4.98 Å². The van der Waals surface area contributed by atoms with Crippen LogP contribution >= 0.6 is 0 Å². The van der Waals surface area contributed by atoms with Crippen molar-refractivity contribution in [2.75, 3.05) is 30.0 Å². The molecule has 0 saturated heterocycles. The maximum atomic E-state index is 5.98. The van der Waals surface area contributed by atoms with Crippen LogP contribution in [0.25, 0.3) is 0 Å². The summed E-state index contributed by atoms with van der Waals surface area (Å²) in [7, 11) is 0. The summed E-state index contributed by atoms with van der Waals surface area (Å²) in [6.07, 6.45) is 5.77. The Morgan fingerprint density at radius 3 is 2.67 bits per heavy atom. The van der Waals surface area contributed by atoms with Crippen molar-refractivity contribution < 1.29 is 9.72 Å². The molecule has 1 aromatic heterocycles. The highest BCUT2D eigenvalue weighted by atomic mass is 16.5. The fraction of sp³-hybridized carbons (Fsp3) is 0.440. The lowest BCUT2D eigenvalue weighted by Gasteiger charge is -2.23. The van der Waals surface area contributed by atoms with E-state index in [9.17, 15) is 0 Å². The number of pyridine rings is 1. The van der Waals surface area contributed by atoms with Crippen molar-refractivity contribution in [3.05, 3.63) is 47.5 Å². The normalized spacial score (nSPS) is 10.5. The summed E-state index contributed by atoms with van der Waals surface area (Å²) in [5.74, 6) is 7.54. The average Bonchev–Trinajstić information content (AvgIpc) is 2.73. The lowest BCUT2D eigenvalue weighted by molar-refractivity contribution is -0.378. The molecule has 0 aliphatic carbocycles. The van der Waals surface area contributed by atoms with Gasteiger partial charge < -0.3 is 9.64 Å². The molecular weight excluding hydrogens is 372 g/mol. The van der Waals surface area contributed by atoms with Crippen molar-refractivity contribution in [3.8, 4) is 17.7 Å². The first-order chi connectivity index (χ1) is 14.7. The van der Waals surface area contributed by atoms with Crippen molar-refractivity contribution in [1.29, 1.82) is 0 Å². The van der Waals surface area contributed by atoms with Gasteiger partial charge in [-0.3, -0.25) is 0 Å². The third-order valence-electron chi connectivity index (χ3n) is 4.50. The predicted octanol–water partition coefficient (Wildman–Crippen LogP) is 5.06. The molecule has 0 amide bonds. The Labute approximate surface area is 181 Å². The monoisotopic (exact) mass is 407 g/mol. The molecule has 1 aromatic carbocycles. The number of nitrogens with one attached hydrogen (secondary N) is 2. The highest BCUT2D eigenvalue weighted by Gasteiger charge is 2.13. The number of benzene rings is 1. The lowest BCUT2D eigenvalue weighted by Crippen LogP contribution is -2.26. The number of hydrazone groups is 1. The number of aryl methyl sites for hydroxylation is 1. The number of ether oxygens (including phenoxy) is 1. The summed E-state index contributed by atoms with van der Waals surface area (Å²) < 4.78 is 5.98. The zero-order chi connectivity index (χ0) is 21.6. The van der Waals surface area contributed by atoms with Gasteiger partial charge in [0.1, 0.15) is 0 Å². The molecule has 0 bridgehead atoms. The fourth-order valence-electron chi connectivity index (χ4n) is 3.15. The summed E-state index contributed by atoms with van der Waals surface area (Å²) >= 11 is 0. The van der Waals surface area contributed by atoms with E-state index in [4.69, 9.17) is 4.74 Å². The quantitative estimate of drug-likeness (QED) is 0.231. The molecular formula is C25H35N4O+. The lowest BCUT2D eigenvalue weighted by atomic mass is 10.2. The molecule has 0 saturated carbocycles. The Bertz CT molecular complexity index is 861. The molecule has 5 nitrogen and oxygen atoms in total. The first kappa shape index (κ1) is 23.3. The Kier molecular flexibility index (Phi) is 10.3. The van der Waals surface area contributed by atoms with Gasteiger partial charge in [0.15, 0.2) is 0 Å². The van der Waals surface area contributed by atoms with Crippen LogP contribution in [0.15, 0.2) is 41.5 Å². The van der Waals surface area contributed by atoms with Crippen LogP contribution in [0, 0.1) is 18.8 Å². The number of aromatic amines is 1. The van der Waals surface area contributed by atoms with E-state index < -0.39 is 0 Å². The SMILES string of the molecule is CC#CCCCOc1cc(N(CCC)CCC)cc(N/N=C/c2cccc(C)c2)[nH+]1. The Balaban J connectivity index is 2.17. The molecule has 0 unspecified atom stereocenters. The minimum absolute atomic E-state index is 0.627. The third-order valence-corrected chi connectivity index (χ3v) is 4.50. The van der Waals surface area contributed by atoms with E-state index in [0.717, 1.165) is 61.7 Å². The number of rotatable bonds is 12. The molecule has 0 fully saturated rings. The zero-order valence-electron chi connectivity index (χ0n) is 18.8. The smallest absolute Gasteiger partial charge is 0.302 e. The Morgan fingerprint density at radius 2 is 1.97 bits per heavy atom. The van der Waals surface area contributed by atoms with Gasteiger partial charge in [-0.1, -0.05) is 48.8 Å². The highest BCUT2D eigenvalue weighted by Crippen LogP contribution is 2.22. The molecule has 30 heavy (non-hydrogen) atoms. The maximum Gasteiger partial charge on any atom is 0.302 e. The van der Waals surface area contributed by atoms with E-state index in [1.165, 1.54) is 5.56 Å². The van der Waals surface area contributed by atoms with E-state index in [2.05, 4.69) is 77.3 Å². The van der Waals surface area contributed by atoms with Gasteiger partial charge in [-0.15, -0.1) is 17.3 Å². The van der Waals surface area contributed by atoms with Crippen LogP contribution < -0.4 is 20.0 Å². The summed E-state index contributed by atoms with van der Waals surface area (Å²) in [6.45, 7) is 11.0. The standard InChI is InChI=1S/C25H34N4O/c1-5-8-9-10-16-30-25-19-23(29(14-6-2)15-7-3)18-24(27-25)28-26-20-22-13-11-12-21(4)17-22/h11-13,17-20H,6-7,9-10,14-16H2,1-4H3,(H,27,28)/p+1/b26-20+. The number of aromatic nitrogens is 1. The van der Waals surface area contributed by atoms with Gasteiger partial charge in [0.05, 0.1) is 24.6 Å². The first-order valence-corrected chi connectivity index (χ1v) is 10.9. The van der Waals surface area contributed by atoms with E-state index in [0.29, 0.717) is 6.61 Å². The van der Waals surface area contributed by atoms with Gasteiger partial charge in [0.25, 0.3) is 5.88 Å². The van der Waals surface area contributed by atoms with Crippen LogP contribution in [-0.2, 0) is 0 Å². The molecule has 2 N–H and O–H groups in total. The maximum absolute atomic E-state index is 5.98. The molecule has 2 rings (SSSR count). The number of H-pyrrole nitrogens is 1. The fourth-order valence-corrected chi connectivity index (χ4v) is 3.15. The van der Waals surface area contributed by atoms with Crippen LogP contribution in [-0.4, -0.2) is 25.9 Å². The number of unbranched alkanes of at least 4 members (excludes halogenated alkanes) is 1. The van der Waals surface area contributed by atoms with Crippen molar-refractivity contribution in [1.82, 2.24) is 0 Å². The first-order valence-electron chi connectivity index (χ1n) is 10.9. The van der Waals surface area contributed by atoms with Crippen LogP contribution in [0.4, 0.5) is 11.5 Å². The second-order valence-electron chi connectivity index (χ2n) is 7.27. The van der Waals surface area contributed by atoms with Crippen molar-refractivity contribution in [2.45, 2.75) is 53.4 Å². The average molecular weight is 408 g/mol. The molecule has 0 aliphatic rings. The van der Waals surface area contributed by atoms with E-state index in [1.807, 2.05) is 25.3 Å². The summed E-state index contributed by atoms with van der Waals surface area (Å²) in [6, 6.07) is 12.4. The second kappa shape index (κ2) is 13.3.